The Morgan fingerprint density at radius 2 is 1.79 bits per heavy atom. The van der Waals surface area contributed by atoms with Crippen molar-refractivity contribution in [3.63, 3.8) is 0 Å². The highest BCUT2D eigenvalue weighted by atomic mass is 79.9. The molecule has 0 unspecified atom stereocenters. The summed E-state index contributed by atoms with van der Waals surface area (Å²) in [5.74, 6) is -0.849. The Hall–Kier alpha value is -2.66. The fraction of sp³-hybridized carbons (Fsp3) is 0.391. The number of carbonyl (C=O) groups excluding carboxylic acids is 1. The fourth-order valence-corrected chi connectivity index (χ4v) is 4.22. The molecule has 0 saturated heterocycles. The van der Waals surface area contributed by atoms with Gasteiger partial charge in [-0.1, -0.05) is 20.8 Å². The number of methoxy groups -OCH3 is 2. The molecule has 1 heterocycles. The number of rotatable bonds is 7. The summed E-state index contributed by atoms with van der Waals surface area (Å²) in [6, 6.07) is 6.14. The van der Waals surface area contributed by atoms with Crippen LogP contribution in [0, 0.1) is 11.2 Å². The van der Waals surface area contributed by atoms with Crippen LogP contribution in [0.3, 0.4) is 0 Å². The van der Waals surface area contributed by atoms with Crippen molar-refractivity contribution >= 4 is 38.7 Å². The summed E-state index contributed by atoms with van der Waals surface area (Å²) in [5, 5.41) is 8.41. The Bertz CT molecular complexity index is 1240. The van der Waals surface area contributed by atoms with Gasteiger partial charge in [0.25, 0.3) is 0 Å². The van der Waals surface area contributed by atoms with Crippen LogP contribution in [0.5, 0.6) is 17.2 Å². The second-order valence-electron chi connectivity index (χ2n) is 8.84. The number of ether oxygens (including phenoxy) is 2. The molecular weight excluding hydrogens is 531 g/mol. The van der Waals surface area contributed by atoms with Crippen LogP contribution in [0.2, 0.25) is 0 Å². The standard InChI is InChI=1S/C23H27FN2O6S.BrH/c1-23(2,3)15-9-13(7-8-17(15)32-33(6,28)29)16(27)12-26-11-14-10-18(30-4)21(31-5)20(24)19(14)22(26)25;/h7-10,25H,11-12H2,1-6H3;1H. The normalized spacial score (nSPS) is 13.3. The summed E-state index contributed by atoms with van der Waals surface area (Å²) in [7, 11) is -1.03. The highest BCUT2D eigenvalue weighted by Crippen LogP contribution is 2.38. The summed E-state index contributed by atoms with van der Waals surface area (Å²) in [6.07, 6.45) is 0.957. The maximum Gasteiger partial charge on any atom is 0.306 e. The third-order valence-electron chi connectivity index (χ3n) is 5.29. The van der Waals surface area contributed by atoms with Crippen LogP contribution in [0.1, 0.15) is 47.8 Å². The molecule has 34 heavy (non-hydrogen) atoms. The number of amidine groups is 1. The van der Waals surface area contributed by atoms with Gasteiger partial charge in [0, 0.05) is 17.7 Å². The summed E-state index contributed by atoms with van der Waals surface area (Å²) < 4.78 is 53.5. The van der Waals surface area contributed by atoms with Gasteiger partial charge in [0.1, 0.15) is 11.6 Å². The summed E-state index contributed by atoms with van der Waals surface area (Å²) in [6.45, 7) is 5.64. The third kappa shape index (κ3) is 5.52. The van der Waals surface area contributed by atoms with E-state index in [4.69, 9.17) is 19.1 Å². The van der Waals surface area contributed by atoms with Crippen molar-refractivity contribution in [1.82, 2.24) is 4.90 Å². The van der Waals surface area contributed by atoms with E-state index in [1.807, 2.05) is 20.8 Å². The Morgan fingerprint density at radius 3 is 2.32 bits per heavy atom. The Morgan fingerprint density at radius 1 is 1.15 bits per heavy atom. The number of hydrogen-bond donors (Lipinski definition) is 1. The van der Waals surface area contributed by atoms with Gasteiger partial charge in [-0.2, -0.15) is 8.42 Å². The van der Waals surface area contributed by atoms with Crippen LogP contribution in [-0.4, -0.2) is 52.0 Å². The average molecular weight is 559 g/mol. The molecule has 0 spiro atoms. The van der Waals surface area contributed by atoms with Crippen molar-refractivity contribution in [2.75, 3.05) is 27.0 Å². The lowest BCUT2D eigenvalue weighted by Crippen LogP contribution is -2.30. The first kappa shape index (κ1) is 27.6. The quantitative estimate of drug-likeness (QED) is 0.403. The van der Waals surface area contributed by atoms with Gasteiger partial charge in [0.15, 0.2) is 23.1 Å². The third-order valence-corrected chi connectivity index (χ3v) is 5.77. The molecule has 0 amide bonds. The van der Waals surface area contributed by atoms with E-state index in [1.165, 1.54) is 31.3 Å². The Kier molecular flexibility index (Phi) is 8.04. The van der Waals surface area contributed by atoms with Gasteiger partial charge < -0.3 is 18.6 Å². The molecule has 1 aliphatic rings. The van der Waals surface area contributed by atoms with E-state index in [0.717, 1.165) is 6.26 Å². The van der Waals surface area contributed by atoms with E-state index in [0.29, 0.717) is 16.7 Å². The molecule has 0 bridgehead atoms. The van der Waals surface area contributed by atoms with Gasteiger partial charge in [-0.15, -0.1) is 17.0 Å². The highest BCUT2D eigenvalue weighted by molar-refractivity contribution is 8.93. The number of nitrogens with zero attached hydrogens (tertiary/aromatic N) is 1. The smallest absolute Gasteiger partial charge is 0.306 e. The molecular formula is C23H28BrFN2O6S. The monoisotopic (exact) mass is 558 g/mol. The predicted octanol–water partition coefficient (Wildman–Crippen LogP) is 4.08. The first-order valence-corrected chi connectivity index (χ1v) is 11.9. The van der Waals surface area contributed by atoms with Crippen molar-refractivity contribution in [2.24, 2.45) is 0 Å². The molecule has 1 aliphatic heterocycles. The van der Waals surface area contributed by atoms with Crippen LogP contribution in [0.4, 0.5) is 4.39 Å². The number of fused-ring (bicyclic) bond motifs is 1. The van der Waals surface area contributed by atoms with E-state index in [-0.39, 0.29) is 64.5 Å². The molecule has 0 fully saturated rings. The Labute approximate surface area is 209 Å². The first-order chi connectivity index (χ1) is 15.3. The second-order valence-corrected chi connectivity index (χ2v) is 10.4. The van der Waals surface area contributed by atoms with Crippen molar-refractivity contribution in [3.8, 4) is 17.2 Å². The number of benzene rings is 2. The van der Waals surface area contributed by atoms with Gasteiger partial charge in [0.05, 0.1) is 32.6 Å². The maximum atomic E-state index is 14.9. The van der Waals surface area contributed by atoms with Gasteiger partial charge in [-0.25, -0.2) is 4.39 Å². The van der Waals surface area contributed by atoms with Gasteiger partial charge in [-0.05, 0) is 35.2 Å². The molecule has 0 saturated carbocycles. The molecule has 8 nitrogen and oxygen atoms in total. The van der Waals surface area contributed by atoms with Crippen molar-refractivity contribution in [2.45, 2.75) is 32.7 Å². The maximum absolute atomic E-state index is 14.9. The minimum atomic E-state index is -3.74. The van der Waals surface area contributed by atoms with Crippen LogP contribution in [0.25, 0.3) is 0 Å². The van der Waals surface area contributed by atoms with Gasteiger partial charge in [0.2, 0.25) is 0 Å². The summed E-state index contributed by atoms with van der Waals surface area (Å²) in [5.41, 5.74) is 0.991. The number of hydrogen-bond acceptors (Lipinski definition) is 7. The zero-order chi connectivity index (χ0) is 24.7. The number of ketones is 1. The van der Waals surface area contributed by atoms with Crippen LogP contribution in [0.15, 0.2) is 24.3 Å². The van der Waals surface area contributed by atoms with E-state index in [9.17, 15) is 17.6 Å². The van der Waals surface area contributed by atoms with E-state index < -0.39 is 21.4 Å². The molecule has 3 rings (SSSR count). The fourth-order valence-electron chi connectivity index (χ4n) is 3.75. The predicted molar refractivity (Wildman–Crippen MR) is 132 cm³/mol. The number of Topliss-reactive ketones (excluding diaryl/α,β-unsaturated/α-hetero) is 1. The Balaban J connectivity index is 0.00000408. The summed E-state index contributed by atoms with van der Waals surface area (Å²) >= 11 is 0. The van der Waals surface area contributed by atoms with Crippen LogP contribution < -0.4 is 13.7 Å². The first-order valence-electron chi connectivity index (χ1n) is 10.1. The molecule has 2 aromatic rings. The lowest BCUT2D eigenvalue weighted by Gasteiger charge is -2.23. The van der Waals surface area contributed by atoms with Crippen LogP contribution in [-0.2, 0) is 22.1 Å². The lowest BCUT2D eigenvalue weighted by molar-refractivity contribution is 0.0962. The van der Waals surface area contributed by atoms with Crippen LogP contribution >= 0.6 is 17.0 Å². The largest absolute Gasteiger partial charge is 0.493 e. The van der Waals surface area contributed by atoms with E-state index in [1.54, 1.807) is 12.1 Å². The van der Waals surface area contributed by atoms with Crippen molar-refractivity contribution in [1.29, 1.82) is 5.41 Å². The van der Waals surface area contributed by atoms with Crippen molar-refractivity contribution < 1.29 is 31.3 Å². The van der Waals surface area contributed by atoms with Gasteiger partial charge in [-0.3, -0.25) is 10.2 Å². The molecule has 0 radical (unpaired) electrons. The van der Waals surface area contributed by atoms with Gasteiger partial charge >= 0.3 is 10.1 Å². The molecule has 186 valence electrons. The average Bonchev–Trinajstić information content (AvgIpc) is 3.01. The highest BCUT2D eigenvalue weighted by Gasteiger charge is 2.33. The van der Waals surface area contributed by atoms with E-state index >= 15 is 0 Å². The lowest BCUT2D eigenvalue weighted by atomic mass is 9.85. The second kappa shape index (κ2) is 9.91. The minimum Gasteiger partial charge on any atom is -0.493 e. The number of nitrogens with one attached hydrogen (secondary N) is 1. The van der Waals surface area contributed by atoms with E-state index in [2.05, 4.69) is 0 Å². The molecule has 11 heteroatoms. The molecule has 0 atom stereocenters. The van der Waals surface area contributed by atoms with Crippen molar-refractivity contribution in [3.05, 3.63) is 52.3 Å². The zero-order valence-electron chi connectivity index (χ0n) is 19.8. The number of carbonyl (C=O) groups is 1. The minimum absolute atomic E-state index is 0. The molecule has 2 aromatic carbocycles. The summed E-state index contributed by atoms with van der Waals surface area (Å²) in [4.78, 5) is 14.5. The molecule has 1 N–H and O–H groups in total. The zero-order valence-corrected chi connectivity index (χ0v) is 22.3. The molecule has 0 aliphatic carbocycles. The number of halogens is 2. The molecule has 0 aromatic heterocycles. The SMILES string of the molecule is Br.COc1cc2c(c(F)c1OC)C(=N)N(CC(=O)c1ccc(OS(C)(=O)=O)c(C(C)(C)C)c1)C2. The topological polar surface area (TPSA) is 106 Å².